The first kappa shape index (κ1) is 12.4. The number of anilines is 1. The van der Waals surface area contributed by atoms with Crippen molar-refractivity contribution in [2.75, 3.05) is 18.1 Å². The molecule has 1 fully saturated rings. The van der Waals surface area contributed by atoms with E-state index in [1.807, 2.05) is 6.07 Å². The Morgan fingerprint density at radius 3 is 2.65 bits per heavy atom. The smallest absolute Gasteiger partial charge is 0.0447 e. The molecule has 1 aromatic rings. The van der Waals surface area contributed by atoms with Crippen molar-refractivity contribution in [2.24, 2.45) is 5.73 Å². The molecule has 0 bridgehead atoms. The van der Waals surface area contributed by atoms with Crippen LogP contribution in [0.5, 0.6) is 0 Å². The average Bonchev–Trinajstić information content (AvgIpc) is 2.32. The largest absolute Gasteiger partial charge is 0.396 e. The van der Waals surface area contributed by atoms with Gasteiger partial charge in [-0.3, -0.25) is 0 Å². The second-order valence-corrected chi connectivity index (χ2v) is 4.69. The molecule has 17 heavy (non-hydrogen) atoms. The number of para-hydroxylation sites is 1. The van der Waals surface area contributed by atoms with Crippen molar-refractivity contribution in [3.63, 3.8) is 0 Å². The third-order valence-electron chi connectivity index (χ3n) is 3.59. The predicted molar refractivity (Wildman–Crippen MR) is 71.0 cm³/mol. The van der Waals surface area contributed by atoms with Crippen molar-refractivity contribution in [1.82, 2.24) is 0 Å². The number of rotatable bonds is 6. The molecule has 1 aliphatic rings. The van der Waals surface area contributed by atoms with Crippen LogP contribution in [0, 0.1) is 0 Å². The van der Waals surface area contributed by atoms with Gasteiger partial charge in [-0.2, -0.15) is 0 Å². The van der Waals surface area contributed by atoms with Gasteiger partial charge in [-0.15, -0.1) is 0 Å². The fourth-order valence-corrected chi connectivity index (χ4v) is 2.40. The molecule has 0 atom stereocenters. The normalized spacial score (nSPS) is 15.6. The van der Waals surface area contributed by atoms with Gasteiger partial charge in [0.25, 0.3) is 0 Å². The molecule has 1 aliphatic carbocycles. The number of aliphatic hydroxyl groups excluding tert-OH is 1. The van der Waals surface area contributed by atoms with Gasteiger partial charge in [0.05, 0.1) is 0 Å². The highest BCUT2D eigenvalue weighted by molar-refractivity contribution is 5.54. The van der Waals surface area contributed by atoms with Gasteiger partial charge in [0.1, 0.15) is 0 Å². The molecule has 0 amide bonds. The van der Waals surface area contributed by atoms with Crippen LogP contribution in [0.15, 0.2) is 24.3 Å². The standard InChI is InChI=1S/C14H22N2O/c15-11-12-5-1-2-8-14(12)16(9-4-10-17)13-6-3-7-13/h1-2,5,8,13,17H,3-4,6-7,9-11,15H2. The van der Waals surface area contributed by atoms with Crippen LogP contribution in [0.25, 0.3) is 0 Å². The SMILES string of the molecule is NCc1ccccc1N(CCCO)C1CCC1. The summed E-state index contributed by atoms with van der Waals surface area (Å²) < 4.78 is 0. The topological polar surface area (TPSA) is 49.5 Å². The highest BCUT2D eigenvalue weighted by atomic mass is 16.3. The lowest BCUT2D eigenvalue weighted by Crippen LogP contribution is -2.41. The summed E-state index contributed by atoms with van der Waals surface area (Å²) in [7, 11) is 0. The number of hydrogen-bond donors (Lipinski definition) is 2. The van der Waals surface area contributed by atoms with E-state index in [-0.39, 0.29) is 6.61 Å². The Balaban J connectivity index is 2.17. The maximum atomic E-state index is 9.01. The second-order valence-electron chi connectivity index (χ2n) is 4.69. The predicted octanol–water partition coefficient (Wildman–Crippen LogP) is 1.89. The highest BCUT2D eigenvalue weighted by Crippen LogP contribution is 2.31. The Bertz CT molecular complexity index is 350. The molecule has 0 radical (unpaired) electrons. The summed E-state index contributed by atoms with van der Waals surface area (Å²) in [6.07, 6.45) is 4.69. The van der Waals surface area contributed by atoms with Gasteiger partial charge < -0.3 is 15.7 Å². The van der Waals surface area contributed by atoms with E-state index in [2.05, 4.69) is 23.1 Å². The Kier molecular flexibility index (Phi) is 4.40. The third kappa shape index (κ3) is 2.79. The van der Waals surface area contributed by atoms with Crippen LogP contribution in [-0.2, 0) is 6.54 Å². The molecule has 0 spiro atoms. The minimum atomic E-state index is 0.258. The zero-order valence-corrected chi connectivity index (χ0v) is 10.3. The van der Waals surface area contributed by atoms with Crippen LogP contribution in [-0.4, -0.2) is 24.3 Å². The molecule has 0 saturated heterocycles. The lowest BCUT2D eigenvalue weighted by molar-refractivity contribution is 0.283. The number of nitrogens with zero attached hydrogens (tertiary/aromatic N) is 1. The molecule has 3 N–H and O–H groups in total. The molecule has 0 aliphatic heterocycles. The maximum Gasteiger partial charge on any atom is 0.0447 e. The third-order valence-corrected chi connectivity index (χ3v) is 3.59. The van der Waals surface area contributed by atoms with Crippen molar-refractivity contribution in [3.05, 3.63) is 29.8 Å². The van der Waals surface area contributed by atoms with Gasteiger partial charge >= 0.3 is 0 Å². The summed E-state index contributed by atoms with van der Waals surface area (Å²) in [4.78, 5) is 2.43. The monoisotopic (exact) mass is 234 g/mol. The Labute approximate surface area is 103 Å². The van der Waals surface area contributed by atoms with Crippen molar-refractivity contribution in [1.29, 1.82) is 0 Å². The van der Waals surface area contributed by atoms with E-state index < -0.39 is 0 Å². The summed E-state index contributed by atoms with van der Waals surface area (Å²) >= 11 is 0. The molecule has 0 unspecified atom stereocenters. The molecule has 0 aromatic heterocycles. The van der Waals surface area contributed by atoms with E-state index in [1.54, 1.807) is 0 Å². The molecule has 3 heteroatoms. The van der Waals surface area contributed by atoms with Crippen LogP contribution < -0.4 is 10.6 Å². The lowest BCUT2D eigenvalue weighted by Gasteiger charge is -2.40. The maximum absolute atomic E-state index is 9.01. The molecule has 0 heterocycles. The van der Waals surface area contributed by atoms with E-state index >= 15 is 0 Å². The number of hydrogen-bond acceptors (Lipinski definition) is 3. The first-order chi connectivity index (χ1) is 8.36. The van der Waals surface area contributed by atoms with Gasteiger partial charge in [-0.05, 0) is 37.3 Å². The zero-order valence-electron chi connectivity index (χ0n) is 10.3. The number of benzene rings is 1. The molecule has 94 valence electrons. The summed E-state index contributed by atoms with van der Waals surface area (Å²) in [6.45, 7) is 1.77. The molecule has 3 nitrogen and oxygen atoms in total. The summed E-state index contributed by atoms with van der Waals surface area (Å²) in [6, 6.07) is 9.00. The fraction of sp³-hybridized carbons (Fsp3) is 0.571. The fourth-order valence-electron chi connectivity index (χ4n) is 2.40. The van der Waals surface area contributed by atoms with Gasteiger partial charge in [0, 0.05) is 31.4 Å². The summed E-state index contributed by atoms with van der Waals surface area (Å²) in [5.41, 5.74) is 8.26. The van der Waals surface area contributed by atoms with E-state index in [0.717, 1.165) is 13.0 Å². The Hall–Kier alpha value is -1.06. The van der Waals surface area contributed by atoms with Crippen LogP contribution in [0.4, 0.5) is 5.69 Å². The lowest BCUT2D eigenvalue weighted by atomic mass is 9.90. The summed E-state index contributed by atoms with van der Waals surface area (Å²) in [5.74, 6) is 0. The average molecular weight is 234 g/mol. The van der Waals surface area contributed by atoms with Crippen LogP contribution >= 0.6 is 0 Å². The van der Waals surface area contributed by atoms with Crippen LogP contribution in [0.3, 0.4) is 0 Å². The number of nitrogens with two attached hydrogens (primary N) is 1. The van der Waals surface area contributed by atoms with Crippen LogP contribution in [0.1, 0.15) is 31.2 Å². The zero-order chi connectivity index (χ0) is 12.1. The van der Waals surface area contributed by atoms with Crippen molar-refractivity contribution in [2.45, 2.75) is 38.3 Å². The Morgan fingerprint density at radius 2 is 2.06 bits per heavy atom. The number of aliphatic hydroxyl groups is 1. The van der Waals surface area contributed by atoms with Gasteiger partial charge in [-0.1, -0.05) is 18.2 Å². The van der Waals surface area contributed by atoms with Crippen molar-refractivity contribution in [3.8, 4) is 0 Å². The quantitative estimate of drug-likeness (QED) is 0.790. The van der Waals surface area contributed by atoms with Gasteiger partial charge in [0.15, 0.2) is 0 Å². The van der Waals surface area contributed by atoms with Crippen molar-refractivity contribution < 1.29 is 5.11 Å². The van der Waals surface area contributed by atoms with Gasteiger partial charge in [-0.25, -0.2) is 0 Å². The minimum absolute atomic E-state index is 0.258. The second kappa shape index (κ2) is 6.03. The molecule has 1 aromatic carbocycles. The van der Waals surface area contributed by atoms with Crippen LogP contribution in [0.2, 0.25) is 0 Å². The highest BCUT2D eigenvalue weighted by Gasteiger charge is 2.25. The Morgan fingerprint density at radius 1 is 1.29 bits per heavy atom. The summed E-state index contributed by atoms with van der Waals surface area (Å²) in [5, 5.41) is 9.01. The molecule has 2 rings (SSSR count). The molecule has 1 saturated carbocycles. The van der Waals surface area contributed by atoms with Gasteiger partial charge in [0.2, 0.25) is 0 Å². The van der Waals surface area contributed by atoms with E-state index in [0.29, 0.717) is 12.6 Å². The minimum Gasteiger partial charge on any atom is -0.396 e. The van der Waals surface area contributed by atoms with E-state index in [1.165, 1.54) is 30.5 Å². The van der Waals surface area contributed by atoms with Crippen molar-refractivity contribution >= 4 is 5.69 Å². The molecular weight excluding hydrogens is 212 g/mol. The molecular formula is C14H22N2O. The van der Waals surface area contributed by atoms with E-state index in [4.69, 9.17) is 10.8 Å². The first-order valence-corrected chi connectivity index (χ1v) is 6.52. The first-order valence-electron chi connectivity index (χ1n) is 6.52. The van der Waals surface area contributed by atoms with E-state index in [9.17, 15) is 0 Å².